The maximum absolute atomic E-state index is 12.8. The van der Waals surface area contributed by atoms with Gasteiger partial charge in [0.25, 0.3) is 0 Å². The van der Waals surface area contributed by atoms with Gasteiger partial charge in [0.2, 0.25) is 11.8 Å². The Bertz CT molecular complexity index is 1240. The molecule has 0 bridgehead atoms. The molecule has 1 fully saturated rings. The number of hydrogen-bond acceptors (Lipinski definition) is 9. The molecule has 3 rings (SSSR count). The minimum atomic E-state index is -4.85. The van der Waals surface area contributed by atoms with E-state index >= 15 is 0 Å². The maximum atomic E-state index is 12.8. The van der Waals surface area contributed by atoms with Gasteiger partial charge in [0.05, 0.1) is 16.8 Å². The number of thiazole rings is 1. The summed E-state index contributed by atoms with van der Waals surface area (Å²) >= 11 is 0.916. The Morgan fingerprint density at radius 2 is 1.75 bits per heavy atom. The van der Waals surface area contributed by atoms with E-state index in [1.165, 1.54) is 18.0 Å². The van der Waals surface area contributed by atoms with Crippen molar-refractivity contribution in [2.75, 3.05) is 38.5 Å². The van der Waals surface area contributed by atoms with Crippen molar-refractivity contribution in [3.05, 3.63) is 18.2 Å². The average Bonchev–Trinajstić information content (AvgIpc) is 3.23. The Kier molecular flexibility index (Phi) is 9.65. The predicted molar refractivity (Wildman–Crippen MR) is 137 cm³/mol. The van der Waals surface area contributed by atoms with Crippen molar-refractivity contribution >= 4 is 50.7 Å². The van der Waals surface area contributed by atoms with Crippen molar-refractivity contribution in [1.29, 1.82) is 0 Å². The van der Waals surface area contributed by atoms with Crippen LogP contribution in [0.3, 0.4) is 0 Å². The van der Waals surface area contributed by atoms with E-state index in [-0.39, 0.29) is 5.13 Å². The average molecular weight is 590 g/mol. The third-order valence-electron chi connectivity index (χ3n) is 5.32. The van der Waals surface area contributed by atoms with Crippen LogP contribution >= 0.6 is 11.3 Å². The van der Waals surface area contributed by atoms with Gasteiger partial charge in [-0.2, -0.15) is 0 Å². The van der Waals surface area contributed by atoms with Crippen LogP contribution in [-0.2, 0) is 19.2 Å². The van der Waals surface area contributed by atoms with Crippen molar-refractivity contribution < 1.29 is 46.7 Å². The first-order valence-electron chi connectivity index (χ1n) is 12.3. The first kappa shape index (κ1) is 30.7. The normalized spacial score (nSPS) is 13.9. The second-order valence-corrected chi connectivity index (χ2v) is 10.9. The summed E-state index contributed by atoms with van der Waals surface area (Å²) in [5, 5.41) is 3.10. The molecule has 1 N–H and O–H groups in total. The lowest BCUT2D eigenvalue weighted by Gasteiger charge is -2.30. The number of carbonyl (C=O) groups excluding carboxylic acids is 4. The molecule has 1 saturated heterocycles. The zero-order chi connectivity index (χ0) is 29.7. The number of likely N-dealkylation sites (tertiary alicyclic amines) is 1. The van der Waals surface area contributed by atoms with Crippen LogP contribution in [-0.4, -0.2) is 89.0 Å². The molecule has 0 saturated carbocycles. The van der Waals surface area contributed by atoms with Crippen molar-refractivity contribution in [1.82, 2.24) is 19.8 Å². The van der Waals surface area contributed by atoms with Gasteiger partial charge in [-0.25, -0.2) is 14.6 Å². The van der Waals surface area contributed by atoms with Gasteiger partial charge in [-0.15, -0.1) is 18.2 Å². The topological polar surface area (TPSA) is 131 Å². The van der Waals surface area contributed by atoms with Gasteiger partial charge in [-0.1, -0.05) is 11.3 Å². The van der Waals surface area contributed by atoms with Crippen LogP contribution in [0, 0.1) is 0 Å². The lowest BCUT2D eigenvalue weighted by atomic mass is 10.1. The number of alkyl halides is 3. The van der Waals surface area contributed by atoms with E-state index in [0.29, 0.717) is 28.4 Å². The lowest BCUT2D eigenvalue weighted by molar-refractivity contribution is -0.274. The van der Waals surface area contributed by atoms with Crippen LogP contribution in [0.5, 0.6) is 5.75 Å². The summed E-state index contributed by atoms with van der Waals surface area (Å²) < 4.78 is 46.9. The largest absolute Gasteiger partial charge is 0.573 e. The van der Waals surface area contributed by atoms with Crippen molar-refractivity contribution in [2.45, 2.75) is 52.0 Å². The molecule has 1 aliphatic heterocycles. The number of fused-ring (bicyclic) bond motifs is 1. The molecule has 0 atom stereocenters. The quantitative estimate of drug-likeness (QED) is 0.492. The summed E-state index contributed by atoms with van der Waals surface area (Å²) in [6.45, 7) is 4.58. The minimum absolute atomic E-state index is 0.0934. The molecule has 1 aromatic carbocycles. The van der Waals surface area contributed by atoms with Crippen molar-refractivity contribution in [2.24, 2.45) is 0 Å². The summed E-state index contributed by atoms with van der Waals surface area (Å²) in [6, 6.07) is 3.55. The molecular weight excluding hydrogens is 559 g/mol. The number of amides is 4. The summed E-state index contributed by atoms with van der Waals surface area (Å²) in [6.07, 6.45) is -4.15. The number of carbonyl (C=O) groups is 4. The number of nitrogens with zero attached hydrogens (tertiary/aromatic N) is 4. The summed E-state index contributed by atoms with van der Waals surface area (Å²) in [7, 11) is 1.31. The fourth-order valence-electron chi connectivity index (χ4n) is 3.54. The summed E-state index contributed by atoms with van der Waals surface area (Å²) in [4.78, 5) is 62.4. The number of halogens is 3. The van der Waals surface area contributed by atoms with Gasteiger partial charge >= 0.3 is 18.5 Å². The molecule has 40 heavy (non-hydrogen) atoms. The SMILES string of the molecule is CN(CC(=O)Nc1nc2ccc(OC(F)(F)F)cc2s1)C(=O)CN(OC(=O)N1CCCCC1)C(=O)OC(C)(C)C. The first-order chi connectivity index (χ1) is 18.6. The van der Waals surface area contributed by atoms with Crippen LogP contribution in [0.15, 0.2) is 18.2 Å². The van der Waals surface area contributed by atoms with Gasteiger partial charge in [0.1, 0.15) is 17.9 Å². The number of rotatable bonds is 6. The number of anilines is 1. The Hall–Kier alpha value is -3.82. The highest BCUT2D eigenvalue weighted by Crippen LogP contribution is 2.31. The molecule has 1 aromatic heterocycles. The van der Waals surface area contributed by atoms with Gasteiger partial charge in [0, 0.05) is 26.2 Å². The van der Waals surface area contributed by atoms with E-state index < -0.39 is 54.8 Å². The molecule has 16 heteroatoms. The van der Waals surface area contributed by atoms with Crippen molar-refractivity contribution in [3.63, 3.8) is 0 Å². The van der Waals surface area contributed by atoms with E-state index in [1.54, 1.807) is 20.8 Å². The Labute approximate surface area is 231 Å². The number of hydroxylamine groups is 2. The molecule has 0 spiro atoms. The number of nitrogens with one attached hydrogen (secondary N) is 1. The van der Waals surface area contributed by atoms with E-state index in [2.05, 4.69) is 15.0 Å². The standard InChI is InChI=1S/C24H30F3N5O7S/c1-23(2,3)38-22(36)32(39-21(35)31-10-6-5-7-11-31)14-19(34)30(4)13-18(33)29-20-28-16-9-8-15(12-17(16)40-20)37-24(25,26)27/h8-9,12H,5-7,10-11,13-14H2,1-4H3,(H,28,29,33). The smallest absolute Gasteiger partial charge is 0.442 e. The number of likely N-dealkylation sites (N-methyl/N-ethyl adjacent to an activating group) is 1. The molecule has 0 unspecified atom stereocenters. The second kappa shape index (κ2) is 12.6. The molecule has 2 heterocycles. The Morgan fingerprint density at radius 3 is 2.38 bits per heavy atom. The fourth-order valence-corrected chi connectivity index (χ4v) is 4.45. The first-order valence-corrected chi connectivity index (χ1v) is 13.1. The van der Waals surface area contributed by atoms with Gasteiger partial charge in [0.15, 0.2) is 5.13 Å². The molecule has 2 aromatic rings. The predicted octanol–water partition coefficient (Wildman–Crippen LogP) is 4.37. The Balaban J connectivity index is 1.61. The zero-order valence-corrected chi connectivity index (χ0v) is 23.2. The van der Waals surface area contributed by atoms with E-state index in [0.717, 1.165) is 47.6 Å². The zero-order valence-electron chi connectivity index (χ0n) is 22.4. The number of benzene rings is 1. The molecule has 4 amide bonds. The van der Waals surface area contributed by atoms with E-state index in [1.807, 2.05) is 0 Å². The minimum Gasteiger partial charge on any atom is -0.442 e. The highest BCUT2D eigenvalue weighted by Gasteiger charge is 2.32. The monoisotopic (exact) mass is 589 g/mol. The maximum Gasteiger partial charge on any atom is 0.573 e. The fraction of sp³-hybridized carbons (Fsp3) is 0.542. The van der Waals surface area contributed by atoms with Crippen LogP contribution in [0.2, 0.25) is 0 Å². The second-order valence-electron chi connectivity index (χ2n) is 9.92. The van der Waals surface area contributed by atoms with E-state index in [4.69, 9.17) is 9.57 Å². The third kappa shape index (κ3) is 9.43. The van der Waals surface area contributed by atoms with Crippen LogP contribution in [0.4, 0.5) is 27.9 Å². The number of ether oxygens (including phenoxy) is 2. The Morgan fingerprint density at radius 1 is 1.07 bits per heavy atom. The van der Waals surface area contributed by atoms with Gasteiger partial charge in [-0.3, -0.25) is 9.59 Å². The molecule has 220 valence electrons. The molecule has 0 radical (unpaired) electrons. The lowest BCUT2D eigenvalue weighted by Crippen LogP contribution is -2.48. The molecular formula is C24H30F3N5O7S. The molecule has 12 nitrogen and oxygen atoms in total. The van der Waals surface area contributed by atoms with E-state index in [9.17, 15) is 32.3 Å². The summed E-state index contributed by atoms with van der Waals surface area (Å²) in [5.74, 6) is -1.82. The van der Waals surface area contributed by atoms with Crippen LogP contribution < -0.4 is 10.1 Å². The highest BCUT2D eigenvalue weighted by molar-refractivity contribution is 7.22. The van der Waals surface area contributed by atoms with Gasteiger partial charge in [-0.05, 0) is 52.2 Å². The third-order valence-corrected chi connectivity index (χ3v) is 6.26. The molecule has 0 aliphatic carbocycles. The van der Waals surface area contributed by atoms with Gasteiger partial charge < -0.3 is 29.4 Å². The van der Waals surface area contributed by atoms with Crippen LogP contribution in [0.25, 0.3) is 10.2 Å². The number of aromatic nitrogens is 1. The summed E-state index contributed by atoms with van der Waals surface area (Å²) in [5.41, 5.74) is -0.596. The number of piperidine rings is 1. The van der Waals surface area contributed by atoms with Crippen LogP contribution in [0.1, 0.15) is 40.0 Å². The highest BCUT2D eigenvalue weighted by atomic mass is 32.1. The number of hydrogen-bond donors (Lipinski definition) is 1. The molecule has 1 aliphatic rings. The van der Waals surface area contributed by atoms with Crippen molar-refractivity contribution in [3.8, 4) is 5.75 Å².